The Kier molecular flexibility index (Phi) is 3.90. The van der Waals surface area contributed by atoms with E-state index in [-0.39, 0.29) is 23.2 Å². The van der Waals surface area contributed by atoms with Gasteiger partial charge in [-0.15, -0.1) is 0 Å². The Morgan fingerprint density at radius 3 is 2.77 bits per heavy atom. The van der Waals surface area contributed by atoms with Crippen molar-refractivity contribution >= 4 is 5.91 Å². The lowest BCUT2D eigenvalue weighted by Gasteiger charge is -2.35. The second-order valence-corrected chi connectivity index (χ2v) is 7.48. The molecule has 26 heavy (non-hydrogen) atoms. The Balaban J connectivity index is 1.69. The lowest BCUT2D eigenvalue weighted by Crippen LogP contribution is -2.36. The Bertz CT molecular complexity index is 927. The molecule has 1 aliphatic carbocycles. The van der Waals surface area contributed by atoms with Crippen LogP contribution in [0.2, 0.25) is 0 Å². The minimum absolute atomic E-state index is 0.00801. The summed E-state index contributed by atoms with van der Waals surface area (Å²) in [5.41, 5.74) is 2.83. The van der Waals surface area contributed by atoms with Crippen LogP contribution in [0.5, 0.6) is 0 Å². The standard InChI is InChI=1S/C20H20FN3O2/c1-20(2)10-16(23-19(25)18-4-3-9-26-18)15-12-22-24(17(15)11-20)14-7-5-13(21)6-8-14/h3-9,12,16H,10-11H2,1-2H3,(H,23,25). The number of nitrogens with one attached hydrogen (secondary N) is 1. The lowest BCUT2D eigenvalue weighted by atomic mass is 9.74. The zero-order valence-corrected chi connectivity index (χ0v) is 14.7. The van der Waals surface area contributed by atoms with Crippen LogP contribution < -0.4 is 5.32 Å². The number of carbonyl (C=O) groups is 1. The topological polar surface area (TPSA) is 60.1 Å². The van der Waals surface area contributed by atoms with Crippen molar-refractivity contribution in [1.82, 2.24) is 15.1 Å². The van der Waals surface area contributed by atoms with Crippen LogP contribution in [-0.2, 0) is 6.42 Å². The van der Waals surface area contributed by atoms with E-state index >= 15 is 0 Å². The summed E-state index contributed by atoms with van der Waals surface area (Å²) >= 11 is 0. The monoisotopic (exact) mass is 353 g/mol. The second kappa shape index (κ2) is 6.12. The number of carbonyl (C=O) groups excluding carboxylic acids is 1. The van der Waals surface area contributed by atoms with Crippen molar-refractivity contribution in [2.45, 2.75) is 32.7 Å². The summed E-state index contributed by atoms with van der Waals surface area (Å²) in [6.07, 6.45) is 4.91. The summed E-state index contributed by atoms with van der Waals surface area (Å²) in [5, 5.41) is 7.56. The average molecular weight is 353 g/mol. The highest BCUT2D eigenvalue weighted by Crippen LogP contribution is 2.41. The van der Waals surface area contributed by atoms with Gasteiger partial charge in [-0.1, -0.05) is 13.8 Å². The first-order chi connectivity index (χ1) is 12.4. The molecule has 3 aromatic rings. The van der Waals surface area contributed by atoms with Crippen molar-refractivity contribution in [2.75, 3.05) is 0 Å². The summed E-state index contributed by atoms with van der Waals surface area (Å²) < 4.78 is 20.3. The van der Waals surface area contributed by atoms with Gasteiger partial charge in [-0.25, -0.2) is 9.07 Å². The zero-order chi connectivity index (χ0) is 18.3. The highest BCUT2D eigenvalue weighted by atomic mass is 19.1. The number of aromatic nitrogens is 2. The van der Waals surface area contributed by atoms with E-state index in [2.05, 4.69) is 24.3 Å². The predicted molar refractivity (Wildman–Crippen MR) is 94.5 cm³/mol. The van der Waals surface area contributed by atoms with Gasteiger partial charge >= 0.3 is 0 Å². The molecule has 0 spiro atoms. The van der Waals surface area contributed by atoms with Gasteiger partial charge in [-0.3, -0.25) is 4.79 Å². The molecular weight excluding hydrogens is 333 g/mol. The van der Waals surface area contributed by atoms with Crippen molar-refractivity contribution in [3.05, 3.63) is 71.7 Å². The Labute approximate surface area is 150 Å². The highest BCUT2D eigenvalue weighted by Gasteiger charge is 2.36. The largest absolute Gasteiger partial charge is 0.459 e. The normalized spacial score (nSPS) is 18.3. The third-order valence-electron chi connectivity index (χ3n) is 4.80. The van der Waals surface area contributed by atoms with Gasteiger partial charge in [0.15, 0.2) is 5.76 Å². The fourth-order valence-electron chi connectivity index (χ4n) is 3.61. The maximum absolute atomic E-state index is 13.2. The van der Waals surface area contributed by atoms with Crippen molar-refractivity contribution in [3.8, 4) is 5.69 Å². The molecule has 1 amide bonds. The number of halogens is 1. The quantitative estimate of drug-likeness (QED) is 0.773. The van der Waals surface area contributed by atoms with Crippen molar-refractivity contribution < 1.29 is 13.6 Å². The summed E-state index contributed by atoms with van der Waals surface area (Å²) in [4.78, 5) is 12.4. The van der Waals surface area contributed by atoms with Crippen molar-refractivity contribution in [2.24, 2.45) is 5.41 Å². The molecule has 6 heteroatoms. The van der Waals surface area contributed by atoms with Crippen LogP contribution in [0.15, 0.2) is 53.3 Å². The van der Waals surface area contributed by atoms with Gasteiger partial charge < -0.3 is 9.73 Å². The van der Waals surface area contributed by atoms with E-state index in [1.54, 1.807) is 30.5 Å². The van der Waals surface area contributed by atoms with Crippen LogP contribution in [0.4, 0.5) is 4.39 Å². The molecule has 1 unspecified atom stereocenters. The smallest absolute Gasteiger partial charge is 0.287 e. The minimum atomic E-state index is -0.279. The Hall–Kier alpha value is -2.89. The molecule has 0 aliphatic heterocycles. The number of hydrogen-bond acceptors (Lipinski definition) is 3. The maximum Gasteiger partial charge on any atom is 0.287 e. The van der Waals surface area contributed by atoms with Gasteiger partial charge in [0.1, 0.15) is 5.82 Å². The third kappa shape index (κ3) is 3.03. The molecule has 0 saturated carbocycles. The number of rotatable bonds is 3. The van der Waals surface area contributed by atoms with Crippen molar-refractivity contribution in [1.29, 1.82) is 0 Å². The molecule has 5 nitrogen and oxygen atoms in total. The van der Waals surface area contributed by atoms with Gasteiger partial charge in [0.05, 0.1) is 29.9 Å². The van der Waals surface area contributed by atoms with E-state index in [4.69, 9.17) is 4.42 Å². The summed E-state index contributed by atoms with van der Waals surface area (Å²) in [6, 6.07) is 9.45. The van der Waals surface area contributed by atoms with E-state index in [1.165, 1.54) is 18.4 Å². The fraction of sp³-hybridized carbons (Fsp3) is 0.300. The van der Waals surface area contributed by atoms with E-state index in [0.29, 0.717) is 5.76 Å². The van der Waals surface area contributed by atoms with E-state index in [0.717, 1.165) is 29.8 Å². The van der Waals surface area contributed by atoms with E-state index in [9.17, 15) is 9.18 Å². The molecule has 0 fully saturated rings. The van der Waals surface area contributed by atoms with E-state index in [1.807, 2.05) is 4.68 Å². The number of benzene rings is 1. The molecule has 0 saturated heterocycles. The predicted octanol–water partition coefficient (Wildman–Crippen LogP) is 4.05. The van der Waals surface area contributed by atoms with Gasteiger partial charge in [-0.2, -0.15) is 5.10 Å². The third-order valence-corrected chi connectivity index (χ3v) is 4.80. The zero-order valence-electron chi connectivity index (χ0n) is 14.7. The summed E-state index contributed by atoms with van der Waals surface area (Å²) in [5.74, 6) is -0.224. The van der Waals surface area contributed by atoms with Crippen LogP contribution in [0, 0.1) is 11.2 Å². The highest BCUT2D eigenvalue weighted by molar-refractivity contribution is 5.91. The first-order valence-electron chi connectivity index (χ1n) is 8.60. The molecule has 134 valence electrons. The molecule has 1 atom stereocenters. The number of fused-ring (bicyclic) bond motifs is 1. The SMILES string of the molecule is CC1(C)Cc2c(cnn2-c2ccc(F)cc2)C(NC(=O)c2ccco2)C1. The van der Waals surface area contributed by atoms with Gasteiger partial charge in [0.2, 0.25) is 0 Å². The summed E-state index contributed by atoms with van der Waals surface area (Å²) in [6.45, 7) is 4.34. The maximum atomic E-state index is 13.2. The summed E-state index contributed by atoms with van der Waals surface area (Å²) in [7, 11) is 0. The van der Waals surface area contributed by atoms with Gasteiger partial charge in [-0.05, 0) is 54.7 Å². The molecule has 2 aromatic heterocycles. The van der Waals surface area contributed by atoms with Crippen molar-refractivity contribution in [3.63, 3.8) is 0 Å². The second-order valence-electron chi connectivity index (χ2n) is 7.48. The molecular formula is C20H20FN3O2. The molecule has 0 radical (unpaired) electrons. The first kappa shape index (κ1) is 16.6. The lowest BCUT2D eigenvalue weighted by molar-refractivity contribution is 0.0891. The van der Waals surface area contributed by atoms with Crippen LogP contribution >= 0.6 is 0 Å². The van der Waals surface area contributed by atoms with Gasteiger partial charge in [0, 0.05) is 5.56 Å². The molecule has 1 N–H and O–H groups in total. The minimum Gasteiger partial charge on any atom is -0.459 e. The van der Waals surface area contributed by atoms with Crippen LogP contribution in [0.25, 0.3) is 5.69 Å². The fourth-order valence-corrected chi connectivity index (χ4v) is 3.61. The van der Waals surface area contributed by atoms with E-state index < -0.39 is 0 Å². The molecule has 2 heterocycles. The number of hydrogen-bond donors (Lipinski definition) is 1. The number of amides is 1. The van der Waals surface area contributed by atoms with Crippen LogP contribution in [0.3, 0.4) is 0 Å². The first-order valence-corrected chi connectivity index (χ1v) is 8.60. The van der Waals surface area contributed by atoms with Crippen LogP contribution in [0.1, 0.15) is 48.1 Å². The number of furan rings is 1. The molecule has 0 bridgehead atoms. The molecule has 1 aromatic carbocycles. The Morgan fingerprint density at radius 1 is 1.31 bits per heavy atom. The van der Waals surface area contributed by atoms with Crippen LogP contribution in [-0.4, -0.2) is 15.7 Å². The Morgan fingerprint density at radius 2 is 2.08 bits per heavy atom. The molecule has 4 rings (SSSR count). The number of nitrogens with zero attached hydrogens (tertiary/aromatic N) is 2. The average Bonchev–Trinajstić information content (AvgIpc) is 3.24. The molecule has 1 aliphatic rings. The van der Waals surface area contributed by atoms with Gasteiger partial charge in [0.25, 0.3) is 5.91 Å².